The van der Waals surface area contributed by atoms with E-state index in [0.717, 1.165) is 5.56 Å². The minimum Gasteiger partial charge on any atom is -0.458 e. The molecule has 0 aliphatic heterocycles. The molecule has 0 fully saturated rings. The molecule has 1 aromatic rings. The fourth-order valence-corrected chi connectivity index (χ4v) is 3.88. The smallest absolute Gasteiger partial charge is 0.408 e. The molecular formula is C35H56N6O9. The molecule has 0 saturated carbocycles. The monoisotopic (exact) mass is 704 g/mol. The van der Waals surface area contributed by atoms with E-state index in [-0.39, 0.29) is 6.61 Å². The Morgan fingerprint density at radius 3 is 1.24 bits per heavy atom. The Morgan fingerprint density at radius 2 is 0.880 bits per heavy atom. The van der Waals surface area contributed by atoms with Gasteiger partial charge in [0.25, 0.3) is 0 Å². The zero-order valence-corrected chi connectivity index (χ0v) is 31.8. The molecular weight excluding hydrogens is 648 g/mol. The Bertz CT molecular complexity index is 1440. The summed E-state index contributed by atoms with van der Waals surface area (Å²) in [5.41, 5.74) is -7.67. The molecule has 0 unspecified atom stereocenters. The molecule has 6 amide bonds. The van der Waals surface area contributed by atoms with Gasteiger partial charge in [-0.15, -0.1) is 0 Å². The molecule has 1 rings (SSSR count). The molecule has 15 heteroatoms. The quantitative estimate of drug-likeness (QED) is 0.157. The van der Waals surface area contributed by atoms with Gasteiger partial charge < -0.3 is 41.4 Å². The molecule has 0 aliphatic rings. The second kappa shape index (κ2) is 15.9. The van der Waals surface area contributed by atoms with Crippen molar-refractivity contribution in [1.29, 1.82) is 0 Å². The average molecular weight is 705 g/mol. The lowest BCUT2D eigenvalue weighted by Crippen LogP contribution is -2.68. The molecule has 0 aliphatic carbocycles. The second-order valence-corrected chi connectivity index (χ2v) is 15.9. The van der Waals surface area contributed by atoms with Gasteiger partial charge in [-0.05, 0) is 102 Å². The molecule has 6 N–H and O–H groups in total. The van der Waals surface area contributed by atoms with Crippen molar-refractivity contribution in [2.24, 2.45) is 0 Å². The van der Waals surface area contributed by atoms with Crippen LogP contribution in [0.2, 0.25) is 0 Å². The van der Waals surface area contributed by atoms with Gasteiger partial charge in [-0.1, -0.05) is 30.3 Å². The molecule has 280 valence electrons. The normalized spacial score (nSPS) is 13.2. The highest BCUT2D eigenvalue weighted by Crippen LogP contribution is 2.15. The van der Waals surface area contributed by atoms with Crippen LogP contribution in [0.25, 0.3) is 0 Å². The van der Waals surface area contributed by atoms with Crippen LogP contribution in [0.4, 0.5) is 4.79 Å². The number of hydrogen-bond donors (Lipinski definition) is 6. The lowest BCUT2D eigenvalue weighted by Gasteiger charge is -2.36. The van der Waals surface area contributed by atoms with Crippen molar-refractivity contribution in [3.63, 3.8) is 0 Å². The average Bonchev–Trinajstić information content (AvgIpc) is 2.94. The molecule has 0 radical (unpaired) electrons. The van der Waals surface area contributed by atoms with Crippen LogP contribution in [0.3, 0.4) is 0 Å². The highest BCUT2D eigenvalue weighted by atomic mass is 16.6. The number of amides is 6. The fraction of sp³-hybridized carbons (Fsp3) is 0.629. The Balaban J connectivity index is 2.84. The van der Waals surface area contributed by atoms with Crippen molar-refractivity contribution in [2.75, 3.05) is 0 Å². The maximum absolute atomic E-state index is 13.4. The maximum Gasteiger partial charge on any atom is 0.408 e. The number of carbonyl (C=O) groups excluding carboxylic acids is 7. The minimum atomic E-state index is -1.58. The zero-order valence-electron chi connectivity index (χ0n) is 31.8. The lowest BCUT2D eigenvalue weighted by atomic mass is 9.94. The van der Waals surface area contributed by atoms with E-state index in [0.29, 0.717) is 0 Å². The van der Waals surface area contributed by atoms with E-state index in [2.05, 4.69) is 31.9 Å². The van der Waals surface area contributed by atoms with Gasteiger partial charge in [0.15, 0.2) is 0 Å². The van der Waals surface area contributed by atoms with Crippen molar-refractivity contribution in [2.45, 2.75) is 143 Å². The van der Waals surface area contributed by atoms with E-state index in [1.165, 1.54) is 76.2 Å². The Kier molecular flexibility index (Phi) is 13.8. The van der Waals surface area contributed by atoms with Crippen LogP contribution >= 0.6 is 0 Å². The van der Waals surface area contributed by atoms with Crippen molar-refractivity contribution < 1.29 is 43.0 Å². The summed E-state index contributed by atoms with van der Waals surface area (Å²) in [6, 6.07) is 7.99. The first-order valence-electron chi connectivity index (χ1n) is 16.2. The Morgan fingerprint density at radius 1 is 0.540 bits per heavy atom. The van der Waals surface area contributed by atoms with Gasteiger partial charge in [0.1, 0.15) is 45.9 Å². The van der Waals surface area contributed by atoms with Gasteiger partial charge in [0, 0.05) is 0 Å². The van der Waals surface area contributed by atoms with Gasteiger partial charge in [-0.25, -0.2) is 9.59 Å². The first kappa shape index (κ1) is 43.3. The van der Waals surface area contributed by atoms with E-state index in [9.17, 15) is 33.6 Å². The van der Waals surface area contributed by atoms with E-state index >= 15 is 0 Å². The lowest BCUT2D eigenvalue weighted by molar-refractivity contribution is -0.158. The van der Waals surface area contributed by atoms with Crippen LogP contribution in [0.1, 0.15) is 102 Å². The minimum absolute atomic E-state index is 0.00387. The molecule has 1 atom stereocenters. The van der Waals surface area contributed by atoms with Crippen LogP contribution in [-0.2, 0) is 44.8 Å². The molecule has 0 spiro atoms. The van der Waals surface area contributed by atoms with Crippen LogP contribution in [-0.4, -0.2) is 80.9 Å². The van der Waals surface area contributed by atoms with Crippen molar-refractivity contribution in [3.05, 3.63) is 35.9 Å². The van der Waals surface area contributed by atoms with E-state index in [1.54, 1.807) is 45.0 Å². The maximum atomic E-state index is 13.4. The number of esters is 1. The van der Waals surface area contributed by atoms with Crippen molar-refractivity contribution in [3.8, 4) is 0 Å². The highest BCUT2D eigenvalue weighted by molar-refractivity contribution is 6.01. The summed E-state index contributed by atoms with van der Waals surface area (Å²) in [6.07, 6.45) is -0.833. The highest BCUT2D eigenvalue weighted by Gasteiger charge is 2.43. The second-order valence-electron chi connectivity index (χ2n) is 15.9. The number of nitrogens with one attached hydrogen (secondary N) is 6. The standard InChI is InChI=1S/C35H56N6O9/c1-21(23(42)50-30(2,3)4)36-24(43)31(5,6)37-25(44)32(7,8)38-26(45)33(9,10)39-27(46)34(11,12)40-28(47)35(13,14)41-29(48)49-20-22-18-16-15-17-19-22/h15-19,21H,20H2,1-14H3,(H,36,43)(H,37,44)(H,38,45)(H,39,46)(H,40,47)(H,41,48)/t21-/m0/s1. The summed E-state index contributed by atoms with van der Waals surface area (Å²) in [5.74, 6) is -4.19. The number of carbonyl (C=O) groups is 7. The summed E-state index contributed by atoms with van der Waals surface area (Å²) >= 11 is 0. The largest absolute Gasteiger partial charge is 0.458 e. The molecule has 0 aromatic heterocycles. The van der Waals surface area contributed by atoms with E-state index in [4.69, 9.17) is 9.47 Å². The summed E-state index contributed by atoms with van der Waals surface area (Å²) < 4.78 is 10.5. The van der Waals surface area contributed by atoms with Crippen LogP contribution in [0, 0.1) is 0 Å². The van der Waals surface area contributed by atoms with Crippen LogP contribution < -0.4 is 31.9 Å². The number of benzene rings is 1. The van der Waals surface area contributed by atoms with Gasteiger partial charge >= 0.3 is 12.1 Å². The summed E-state index contributed by atoms with van der Waals surface area (Å²) in [7, 11) is 0. The predicted octanol–water partition coefficient (Wildman–Crippen LogP) is 2.12. The predicted molar refractivity (Wildman–Crippen MR) is 186 cm³/mol. The SMILES string of the molecule is C[C@H](NC(=O)C(C)(C)NC(=O)C(C)(C)NC(=O)C(C)(C)NC(=O)C(C)(C)NC(=O)C(C)(C)NC(=O)OCc1ccccc1)C(=O)OC(C)(C)C. The topological polar surface area (TPSA) is 210 Å². The van der Waals surface area contributed by atoms with Gasteiger partial charge in [0.05, 0.1) is 0 Å². The number of hydrogen-bond acceptors (Lipinski definition) is 9. The fourth-order valence-electron chi connectivity index (χ4n) is 3.88. The zero-order chi connectivity index (χ0) is 39.1. The number of ether oxygens (including phenoxy) is 2. The third kappa shape index (κ3) is 13.3. The molecule has 50 heavy (non-hydrogen) atoms. The molecule has 0 saturated heterocycles. The first-order chi connectivity index (χ1) is 22.4. The Labute approximate surface area is 295 Å². The first-order valence-corrected chi connectivity index (χ1v) is 16.2. The third-order valence-corrected chi connectivity index (χ3v) is 7.28. The molecule has 15 nitrogen and oxygen atoms in total. The molecule has 1 aromatic carbocycles. The summed E-state index contributed by atoms with van der Waals surface area (Å²) in [4.78, 5) is 90.7. The molecule has 0 heterocycles. The third-order valence-electron chi connectivity index (χ3n) is 7.28. The van der Waals surface area contributed by atoms with E-state index in [1.807, 2.05) is 6.07 Å². The molecule has 0 bridgehead atoms. The number of alkyl carbamates (subject to hydrolysis) is 1. The summed E-state index contributed by atoms with van der Waals surface area (Å²) in [5, 5.41) is 15.4. The van der Waals surface area contributed by atoms with Crippen LogP contribution in [0.15, 0.2) is 30.3 Å². The summed E-state index contributed by atoms with van der Waals surface area (Å²) in [6.45, 7) is 20.8. The van der Waals surface area contributed by atoms with Gasteiger partial charge in [0.2, 0.25) is 29.5 Å². The van der Waals surface area contributed by atoms with Gasteiger partial charge in [-0.3, -0.25) is 24.0 Å². The van der Waals surface area contributed by atoms with E-state index < -0.39 is 80.9 Å². The van der Waals surface area contributed by atoms with Crippen molar-refractivity contribution in [1.82, 2.24) is 31.9 Å². The Hall–Kier alpha value is -4.69. The van der Waals surface area contributed by atoms with Crippen LogP contribution in [0.5, 0.6) is 0 Å². The van der Waals surface area contributed by atoms with Gasteiger partial charge in [-0.2, -0.15) is 0 Å². The number of rotatable bonds is 14. The van der Waals surface area contributed by atoms with Crippen molar-refractivity contribution >= 4 is 41.6 Å².